The predicted octanol–water partition coefficient (Wildman–Crippen LogP) is 3.77. The number of carbonyl (C=O) groups is 2. The van der Waals surface area contributed by atoms with E-state index in [1.807, 2.05) is 48.2 Å². The van der Waals surface area contributed by atoms with Gasteiger partial charge in [-0.05, 0) is 48.9 Å². The average molecular weight is 365 g/mol. The molecular formula is C22H27N3O2. The quantitative estimate of drug-likeness (QED) is 0.846. The van der Waals surface area contributed by atoms with Gasteiger partial charge in [0.25, 0.3) is 0 Å². The Balaban J connectivity index is 1.82. The van der Waals surface area contributed by atoms with E-state index in [2.05, 4.69) is 24.4 Å². The lowest BCUT2D eigenvalue weighted by molar-refractivity contribution is -0.132. The Morgan fingerprint density at radius 3 is 2.44 bits per heavy atom. The Hall–Kier alpha value is -2.82. The molecule has 3 N–H and O–H groups in total. The Kier molecular flexibility index (Phi) is 5.79. The van der Waals surface area contributed by atoms with Crippen LogP contribution in [0.25, 0.3) is 0 Å². The van der Waals surface area contributed by atoms with Crippen LogP contribution in [-0.4, -0.2) is 23.4 Å². The summed E-state index contributed by atoms with van der Waals surface area (Å²) in [5.41, 5.74) is 9.74. The van der Waals surface area contributed by atoms with E-state index in [1.54, 1.807) is 0 Å². The number of nitrogens with two attached hydrogens (primary N) is 1. The molecule has 5 heteroatoms. The lowest BCUT2D eigenvalue weighted by Gasteiger charge is -2.28. The molecule has 0 spiro atoms. The normalized spacial score (nSPS) is 17.6. The maximum atomic E-state index is 13.2. The zero-order valence-corrected chi connectivity index (χ0v) is 15.9. The van der Waals surface area contributed by atoms with Gasteiger partial charge in [-0.2, -0.15) is 0 Å². The first-order chi connectivity index (χ1) is 13.0. The molecule has 1 heterocycles. The third kappa shape index (κ3) is 4.30. The number of urea groups is 1. The summed E-state index contributed by atoms with van der Waals surface area (Å²) in [5.74, 6) is 0.0442. The largest absolute Gasteiger partial charge is 0.352 e. The highest BCUT2D eigenvalue weighted by Crippen LogP contribution is 2.35. The highest BCUT2D eigenvalue weighted by Gasteiger charge is 2.32. The second-order valence-electron chi connectivity index (χ2n) is 7.22. The molecule has 0 aromatic heterocycles. The number of benzene rings is 2. The first-order valence-electron chi connectivity index (χ1n) is 9.44. The molecule has 0 bridgehead atoms. The number of nitrogens with zero attached hydrogens (tertiary/aromatic N) is 1. The summed E-state index contributed by atoms with van der Waals surface area (Å²) in [5, 5.41) is 2.75. The number of nitrogens with one attached hydrogen (secondary N) is 1. The SMILES string of the molecule is Cc1ccccc1[C@@H](CC(=O)N1CCC[C@H]1c1ccccc1C)NC(N)=O. The van der Waals surface area contributed by atoms with E-state index in [-0.39, 0.29) is 18.4 Å². The maximum absolute atomic E-state index is 13.2. The number of hydrogen-bond acceptors (Lipinski definition) is 2. The van der Waals surface area contributed by atoms with Gasteiger partial charge in [-0.15, -0.1) is 0 Å². The van der Waals surface area contributed by atoms with Crippen molar-refractivity contribution >= 4 is 11.9 Å². The maximum Gasteiger partial charge on any atom is 0.312 e. The molecule has 1 fully saturated rings. The molecule has 0 aliphatic carbocycles. The van der Waals surface area contributed by atoms with Gasteiger partial charge >= 0.3 is 6.03 Å². The lowest BCUT2D eigenvalue weighted by Crippen LogP contribution is -2.38. The van der Waals surface area contributed by atoms with Gasteiger partial charge in [-0.25, -0.2) is 4.79 Å². The van der Waals surface area contributed by atoms with Crippen LogP contribution < -0.4 is 11.1 Å². The number of likely N-dealkylation sites (tertiary alicyclic amines) is 1. The van der Waals surface area contributed by atoms with Crippen LogP contribution in [0, 0.1) is 13.8 Å². The lowest BCUT2D eigenvalue weighted by atomic mass is 9.96. The number of rotatable bonds is 5. The minimum Gasteiger partial charge on any atom is -0.352 e. The van der Waals surface area contributed by atoms with Crippen molar-refractivity contribution < 1.29 is 9.59 Å². The van der Waals surface area contributed by atoms with Crippen molar-refractivity contribution in [3.63, 3.8) is 0 Å². The molecule has 1 aliphatic heterocycles. The molecule has 0 radical (unpaired) electrons. The smallest absolute Gasteiger partial charge is 0.312 e. The summed E-state index contributed by atoms with van der Waals surface area (Å²) < 4.78 is 0. The molecule has 0 saturated carbocycles. The molecule has 3 amide bonds. The fourth-order valence-corrected chi connectivity index (χ4v) is 4.03. The Bertz CT molecular complexity index is 834. The van der Waals surface area contributed by atoms with E-state index >= 15 is 0 Å². The standard InChI is InChI=1S/C22H27N3O2/c1-15-8-3-5-10-17(15)19(24-22(23)27)14-21(26)25-13-7-12-20(25)18-11-6-4-9-16(18)2/h3-6,8-11,19-20H,7,12-14H2,1-2H3,(H3,23,24,27)/t19-,20+/m1/s1. The van der Waals surface area contributed by atoms with Crippen molar-refractivity contribution in [1.82, 2.24) is 10.2 Å². The molecular weight excluding hydrogens is 338 g/mol. The van der Waals surface area contributed by atoms with Crippen LogP contribution in [0.3, 0.4) is 0 Å². The van der Waals surface area contributed by atoms with Gasteiger partial charge in [0, 0.05) is 6.54 Å². The molecule has 2 atom stereocenters. The van der Waals surface area contributed by atoms with Crippen LogP contribution in [0.15, 0.2) is 48.5 Å². The van der Waals surface area contributed by atoms with E-state index in [0.29, 0.717) is 0 Å². The van der Waals surface area contributed by atoms with Crippen LogP contribution >= 0.6 is 0 Å². The molecule has 27 heavy (non-hydrogen) atoms. The third-order valence-electron chi connectivity index (χ3n) is 5.38. The minimum atomic E-state index is -0.618. The van der Waals surface area contributed by atoms with Gasteiger partial charge in [0.05, 0.1) is 18.5 Å². The summed E-state index contributed by atoms with van der Waals surface area (Å²) in [6, 6.07) is 15.1. The second kappa shape index (κ2) is 8.25. The van der Waals surface area contributed by atoms with Crippen LogP contribution in [0.5, 0.6) is 0 Å². The van der Waals surface area contributed by atoms with Gasteiger partial charge in [-0.1, -0.05) is 48.5 Å². The van der Waals surface area contributed by atoms with Crippen molar-refractivity contribution in [3.05, 3.63) is 70.8 Å². The summed E-state index contributed by atoms with van der Waals surface area (Å²) in [7, 11) is 0. The third-order valence-corrected chi connectivity index (χ3v) is 5.38. The van der Waals surface area contributed by atoms with Crippen LogP contribution in [0.1, 0.15) is 53.6 Å². The Morgan fingerprint density at radius 1 is 1.11 bits per heavy atom. The van der Waals surface area contributed by atoms with Crippen LogP contribution in [0.2, 0.25) is 0 Å². The number of amides is 3. The average Bonchev–Trinajstić information content (AvgIpc) is 3.11. The number of aryl methyl sites for hydroxylation is 2. The topological polar surface area (TPSA) is 75.4 Å². The molecule has 0 unspecified atom stereocenters. The first-order valence-corrected chi connectivity index (χ1v) is 9.44. The van der Waals surface area contributed by atoms with E-state index in [9.17, 15) is 9.59 Å². The monoisotopic (exact) mass is 365 g/mol. The summed E-state index contributed by atoms with van der Waals surface area (Å²) >= 11 is 0. The van der Waals surface area contributed by atoms with E-state index in [1.165, 1.54) is 11.1 Å². The number of hydrogen-bond donors (Lipinski definition) is 2. The Labute approximate surface area is 160 Å². The van der Waals surface area contributed by atoms with Gasteiger partial charge in [0.15, 0.2) is 0 Å². The molecule has 2 aromatic rings. The van der Waals surface area contributed by atoms with Crippen molar-refractivity contribution in [2.24, 2.45) is 5.73 Å². The molecule has 1 aliphatic rings. The van der Waals surface area contributed by atoms with Crippen molar-refractivity contribution in [1.29, 1.82) is 0 Å². The van der Waals surface area contributed by atoms with Gasteiger partial charge in [0.1, 0.15) is 0 Å². The van der Waals surface area contributed by atoms with E-state index in [4.69, 9.17) is 5.73 Å². The summed E-state index contributed by atoms with van der Waals surface area (Å²) in [4.78, 5) is 26.6. The highest BCUT2D eigenvalue weighted by molar-refractivity contribution is 5.79. The first kappa shape index (κ1) is 19.0. The van der Waals surface area contributed by atoms with Crippen LogP contribution in [0.4, 0.5) is 4.79 Å². The zero-order valence-electron chi connectivity index (χ0n) is 15.9. The fraction of sp³-hybridized carbons (Fsp3) is 0.364. The molecule has 3 rings (SSSR count). The predicted molar refractivity (Wildman–Crippen MR) is 106 cm³/mol. The highest BCUT2D eigenvalue weighted by atomic mass is 16.2. The van der Waals surface area contributed by atoms with Gasteiger partial charge in [0.2, 0.25) is 5.91 Å². The molecule has 1 saturated heterocycles. The zero-order chi connectivity index (χ0) is 19.4. The number of carbonyl (C=O) groups excluding carboxylic acids is 2. The summed E-state index contributed by atoms with van der Waals surface area (Å²) in [6.07, 6.45) is 2.16. The van der Waals surface area contributed by atoms with Gasteiger partial charge in [-0.3, -0.25) is 4.79 Å². The fourth-order valence-electron chi connectivity index (χ4n) is 4.03. The van der Waals surface area contributed by atoms with E-state index < -0.39 is 12.1 Å². The number of primary amides is 1. The van der Waals surface area contributed by atoms with Crippen molar-refractivity contribution in [3.8, 4) is 0 Å². The minimum absolute atomic E-state index is 0.0442. The van der Waals surface area contributed by atoms with Crippen LogP contribution in [-0.2, 0) is 4.79 Å². The van der Waals surface area contributed by atoms with E-state index in [0.717, 1.165) is 30.5 Å². The second-order valence-corrected chi connectivity index (χ2v) is 7.22. The van der Waals surface area contributed by atoms with Crippen molar-refractivity contribution in [2.75, 3.05) is 6.54 Å². The molecule has 5 nitrogen and oxygen atoms in total. The van der Waals surface area contributed by atoms with Gasteiger partial charge < -0.3 is 16.0 Å². The Morgan fingerprint density at radius 2 is 1.78 bits per heavy atom. The molecule has 2 aromatic carbocycles. The van der Waals surface area contributed by atoms with Crippen molar-refractivity contribution in [2.45, 2.75) is 45.2 Å². The summed E-state index contributed by atoms with van der Waals surface area (Å²) in [6.45, 7) is 4.80. The molecule has 142 valence electrons.